The van der Waals surface area contributed by atoms with Gasteiger partial charge in [-0.25, -0.2) is 4.79 Å². The van der Waals surface area contributed by atoms with E-state index in [1.54, 1.807) is 159 Å². The van der Waals surface area contributed by atoms with Crippen LogP contribution < -0.4 is 0 Å². The molecule has 10 nitrogen and oxygen atoms in total. The molecule has 0 atom stereocenters. The van der Waals surface area contributed by atoms with Gasteiger partial charge in [-0.1, -0.05) is 48.5 Å². The minimum atomic E-state index is -0.979. The lowest BCUT2D eigenvalue weighted by atomic mass is 10.2. The number of rotatable bonds is 23. The van der Waals surface area contributed by atoms with E-state index >= 15 is 0 Å². The van der Waals surface area contributed by atoms with Gasteiger partial charge in [-0.05, 0) is 184 Å². The summed E-state index contributed by atoms with van der Waals surface area (Å²) in [5.41, 5.74) is 7.05. The van der Waals surface area contributed by atoms with Crippen molar-refractivity contribution in [1.82, 2.24) is 19.6 Å². The Bertz CT molecular complexity index is 2910. The maximum absolute atomic E-state index is 12.7. The third-order valence-electron chi connectivity index (χ3n) is 11.4. The summed E-state index contributed by atoms with van der Waals surface area (Å²) < 4.78 is 0. The fourth-order valence-corrected chi connectivity index (χ4v) is 15.6. The number of carboxylic acid groups (broad SMARTS) is 1. The van der Waals surface area contributed by atoms with Crippen molar-refractivity contribution in [1.29, 1.82) is 0 Å². The van der Waals surface area contributed by atoms with Gasteiger partial charge >= 0.3 is 5.97 Å². The molecular formula is C61H62N4O6S10. The van der Waals surface area contributed by atoms with Gasteiger partial charge in [-0.3, -0.25) is 19.2 Å². The fourth-order valence-electron chi connectivity index (χ4n) is 7.01. The lowest BCUT2D eigenvalue weighted by Crippen LogP contribution is -2.15. The number of thioether (sulfide) groups is 10. The molecule has 0 aromatic heterocycles. The molecular weight excluding hydrogens is 1210 g/mol. The number of carbonyl (C=O) groups is 5. The molecule has 0 fully saturated rings. The van der Waals surface area contributed by atoms with Gasteiger partial charge in [0.05, 0.1) is 5.56 Å². The van der Waals surface area contributed by atoms with Gasteiger partial charge < -0.3 is 24.7 Å². The average molecular weight is 1270 g/mol. The second-order valence-electron chi connectivity index (χ2n) is 19.0. The largest absolute Gasteiger partial charge is 0.478 e. The first kappa shape index (κ1) is 64.0. The van der Waals surface area contributed by atoms with Crippen molar-refractivity contribution in [2.45, 2.75) is 83.5 Å². The van der Waals surface area contributed by atoms with Crippen molar-refractivity contribution in [2.24, 2.45) is 0 Å². The van der Waals surface area contributed by atoms with Gasteiger partial charge in [-0.15, -0.1) is 70.6 Å². The van der Waals surface area contributed by atoms with Crippen LogP contribution in [0.2, 0.25) is 0 Å². The molecule has 0 saturated carbocycles. The first-order chi connectivity index (χ1) is 38.8. The molecule has 0 aliphatic heterocycles. The minimum absolute atomic E-state index is 0.0190. The zero-order valence-corrected chi connectivity index (χ0v) is 54.2. The second kappa shape index (κ2) is 31.9. The number of carbonyl (C=O) groups excluding carboxylic acids is 4. The number of hydrogen-bond acceptors (Lipinski definition) is 15. The number of nitrogens with zero attached hydrogens (tertiary/aromatic N) is 4. The lowest BCUT2D eigenvalue weighted by Gasteiger charge is -2.13. The van der Waals surface area contributed by atoms with E-state index in [1.807, 2.05) is 48.5 Å². The highest BCUT2D eigenvalue weighted by Crippen LogP contribution is 2.38. The normalized spacial score (nSPS) is 11.1. The van der Waals surface area contributed by atoms with E-state index < -0.39 is 5.97 Å². The average Bonchev–Trinajstić information content (AvgIpc) is 3.45. The van der Waals surface area contributed by atoms with Crippen molar-refractivity contribution in [2.75, 3.05) is 56.4 Å². The molecule has 0 spiro atoms. The number of carboxylic acids is 1. The maximum atomic E-state index is 12.7. The highest BCUT2D eigenvalue weighted by Gasteiger charge is 2.15. The van der Waals surface area contributed by atoms with Crippen LogP contribution in [0, 0.1) is 0 Å². The Morgan fingerprint density at radius 2 is 0.481 bits per heavy atom. The first-order valence-electron chi connectivity index (χ1n) is 25.2. The summed E-state index contributed by atoms with van der Waals surface area (Å²) in [5, 5.41) is 10.3. The van der Waals surface area contributed by atoms with Crippen LogP contribution in [0.3, 0.4) is 0 Å². The SMILES string of the molecule is CN(C)C(=O)Sc1ccc(CSc2cc(CSc3cc(SCc4cc(SCc5ccc(SC(=O)N(C)C)cc5)cc(SCc5ccc(SC(=O)N(C)C)cc5)c4)cc(C(=O)O)c3)cc(SCc3ccc(SC(=O)N(C)C)cc3)c2)cc1. The van der Waals surface area contributed by atoms with Gasteiger partial charge in [-0.2, -0.15) is 0 Å². The first-order valence-corrected chi connectivity index (χ1v) is 34.3. The molecule has 7 aromatic rings. The molecule has 81 heavy (non-hydrogen) atoms. The van der Waals surface area contributed by atoms with Crippen LogP contribution in [-0.2, 0) is 34.5 Å². The Labute approximate surface area is 519 Å². The van der Waals surface area contributed by atoms with Crippen LogP contribution in [0.15, 0.2) is 201 Å². The Morgan fingerprint density at radius 1 is 0.284 bits per heavy atom. The summed E-state index contributed by atoms with van der Waals surface area (Å²) in [6.07, 6.45) is 0. The molecule has 422 valence electrons. The summed E-state index contributed by atoms with van der Waals surface area (Å²) in [4.78, 5) is 78.0. The molecule has 4 amide bonds. The molecule has 0 saturated heterocycles. The molecule has 0 heterocycles. The Morgan fingerprint density at radius 3 is 0.679 bits per heavy atom. The topological polar surface area (TPSA) is 119 Å². The number of amides is 4. The molecule has 0 aliphatic rings. The van der Waals surface area contributed by atoms with E-state index in [4.69, 9.17) is 0 Å². The zero-order valence-electron chi connectivity index (χ0n) is 46.0. The highest BCUT2D eigenvalue weighted by atomic mass is 32.2. The van der Waals surface area contributed by atoms with Gasteiger partial charge in [0.1, 0.15) is 0 Å². The molecule has 0 radical (unpaired) electrons. The van der Waals surface area contributed by atoms with E-state index in [-0.39, 0.29) is 26.5 Å². The minimum Gasteiger partial charge on any atom is -0.478 e. The third kappa shape index (κ3) is 21.5. The van der Waals surface area contributed by atoms with Gasteiger partial charge in [0.25, 0.3) is 21.0 Å². The van der Waals surface area contributed by atoms with Crippen molar-refractivity contribution in [3.05, 3.63) is 191 Å². The van der Waals surface area contributed by atoms with Crippen molar-refractivity contribution >= 4 is 145 Å². The molecule has 7 rings (SSSR count). The summed E-state index contributed by atoms with van der Waals surface area (Å²) in [7, 11) is 14.0. The van der Waals surface area contributed by atoms with Crippen LogP contribution in [0.4, 0.5) is 19.2 Å². The standard InChI is InChI=1S/C61H62N4O6S10/c1-62(2)58(68)78-47-17-9-40(10-18-47)34-72-51-25-44(26-52(31-51)73-35-41-11-19-48(20-12-41)79-59(69)63(3)4)38-76-55-29-46(57(66)67)30-56(33-55)77-39-45-27-53(74-36-42-13-21-49(22-14-42)80-60(70)64(5)6)32-54(28-45)75-37-43-15-23-50(24-16-43)81-61(71)65(7)8/h9-33H,34-39H2,1-8H3,(H,66,67). The predicted molar refractivity (Wildman–Crippen MR) is 349 cm³/mol. The van der Waals surface area contributed by atoms with Crippen LogP contribution >= 0.6 is 118 Å². The molecule has 0 bridgehead atoms. The van der Waals surface area contributed by atoms with Gasteiger partial charge in [0, 0.05) is 140 Å². The van der Waals surface area contributed by atoms with E-state index in [0.717, 1.165) is 105 Å². The van der Waals surface area contributed by atoms with E-state index in [2.05, 4.69) is 91.0 Å². The third-order valence-corrected chi connectivity index (χ3v) is 21.9. The number of aromatic carboxylic acids is 1. The summed E-state index contributed by atoms with van der Waals surface area (Å²) in [5.74, 6) is 3.23. The Kier molecular flexibility index (Phi) is 25.2. The summed E-state index contributed by atoms with van der Waals surface area (Å²) >= 11 is 15.1. The monoisotopic (exact) mass is 1270 g/mol. The Balaban J connectivity index is 1.07. The maximum Gasteiger partial charge on any atom is 0.335 e. The summed E-state index contributed by atoms with van der Waals surface area (Å²) in [6, 6.07) is 51.4. The van der Waals surface area contributed by atoms with E-state index in [1.165, 1.54) is 47.0 Å². The molecule has 7 aromatic carbocycles. The van der Waals surface area contributed by atoms with Crippen molar-refractivity contribution in [3.8, 4) is 0 Å². The molecule has 0 aliphatic carbocycles. The smallest absolute Gasteiger partial charge is 0.335 e. The number of hydrogen-bond donors (Lipinski definition) is 1. The lowest BCUT2D eigenvalue weighted by molar-refractivity contribution is 0.0696. The number of benzene rings is 7. The van der Waals surface area contributed by atoms with Crippen molar-refractivity contribution < 1.29 is 29.1 Å². The van der Waals surface area contributed by atoms with E-state index in [0.29, 0.717) is 11.5 Å². The van der Waals surface area contributed by atoms with Gasteiger partial charge in [0.15, 0.2) is 0 Å². The van der Waals surface area contributed by atoms with Crippen molar-refractivity contribution in [3.63, 3.8) is 0 Å². The van der Waals surface area contributed by atoms with Gasteiger partial charge in [0.2, 0.25) is 0 Å². The predicted octanol–water partition coefficient (Wildman–Crippen LogP) is 18.2. The van der Waals surface area contributed by atoms with Crippen LogP contribution in [0.1, 0.15) is 43.7 Å². The second-order valence-corrected chi connectivity index (χ2v) is 29.4. The quantitative estimate of drug-likeness (QED) is 0.0612. The van der Waals surface area contributed by atoms with E-state index in [9.17, 15) is 29.1 Å². The molecule has 1 N–H and O–H groups in total. The fraction of sp³-hybridized carbons (Fsp3) is 0.230. The molecule has 0 unspecified atom stereocenters. The summed E-state index contributed by atoms with van der Waals surface area (Å²) in [6.45, 7) is 0. The van der Waals surface area contributed by atoms with Crippen LogP contribution in [0.5, 0.6) is 0 Å². The highest BCUT2D eigenvalue weighted by molar-refractivity contribution is 8.14. The molecule has 20 heteroatoms. The Hall–Kier alpha value is -4.61. The van der Waals surface area contributed by atoms with Crippen LogP contribution in [-0.4, -0.2) is 108 Å². The zero-order chi connectivity index (χ0) is 58.0. The van der Waals surface area contributed by atoms with Crippen LogP contribution in [0.25, 0.3) is 0 Å².